The molecule has 0 atom stereocenters. The number of halogens is 7. The van der Waals surface area contributed by atoms with Crippen molar-refractivity contribution in [3.05, 3.63) is 117 Å². The van der Waals surface area contributed by atoms with E-state index in [0.717, 1.165) is 28.3 Å². The fraction of sp³-hybridized carbons (Fsp3) is 0.263. The summed E-state index contributed by atoms with van der Waals surface area (Å²) in [5, 5.41) is 6.68. The molecule has 0 radical (unpaired) electrons. The van der Waals surface area contributed by atoms with E-state index in [1.165, 1.54) is 65.2 Å². The van der Waals surface area contributed by atoms with E-state index < -0.39 is 46.6 Å². The summed E-state index contributed by atoms with van der Waals surface area (Å²) in [7, 11) is 3.02. The van der Waals surface area contributed by atoms with Gasteiger partial charge in [0, 0.05) is 61.0 Å². The quantitative estimate of drug-likeness (QED) is 0.133. The van der Waals surface area contributed by atoms with Crippen molar-refractivity contribution in [3.8, 4) is 21.1 Å². The Bertz CT molecular complexity index is 3240. The number of carbonyl (C=O) groups is 2. The molecule has 18 nitrogen and oxygen atoms in total. The summed E-state index contributed by atoms with van der Waals surface area (Å²) in [5.41, 5.74) is -1.72. The number of hydrogen-bond acceptors (Lipinski definition) is 14. The standard InChI is InChI=1S/C18H14F3N7O3S.C13H10ClF3N2OS.C7H7N3O2/c1-8-3-9(4-22-13(8)18(19,20)21)16-25-10(6-32-16)24-11(29)5-28-7-23-14-12(28)15(30)26-17(31)27(14)2;1-7-2-8(5-18-11(7)13(15,16)17)12-19-9(6-21-12)3-10(20)4-14;1-10-5-4(2-3-8-5)6(11)9-7(10)12/h3-4,6-7H,5H2,1-2H3,(H,24,29)(H,26,30,31);2,5-6H,3-4H2,1H3;3H,2H2,1H3,(H,9,11,12). The average Bonchev–Trinajstić information content (AvgIpc) is 4.07. The zero-order valence-electron chi connectivity index (χ0n) is 33.9. The smallest absolute Gasteiger partial charge is 0.315 e. The number of pyridine rings is 2. The number of ketones is 1. The zero-order chi connectivity index (χ0) is 47.5. The molecule has 65 heavy (non-hydrogen) atoms. The summed E-state index contributed by atoms with van der Waals surface area (Å²) in [6.07, 6.45) is -3.27. The number of thiazole rings is 2. The van der Waals surface area contributed by atoms with Crippen LogP contribution in [0.15, 0.2) is 65.8 Å². The summed E-state index contributed by atoms with van der Waals surface area (Å²) in [6.45, 7) is 2.39. The number of carbonyl (C=O) groups excluding carboxylic acids is 2. The van der Waals surface area contributed by atoms with Crippen molar-refractivity contribution in [2.75, 3.05) is 11.2 Å². The Balaban J connectivity index is 0.000000181. The normalized spacial score (nSPS) is 12.0. The van der Waals surface area contributed by atoms with Gasteiger partial charge in [-0.1, -0.05) is 0 Å². The number of aromatic nitrogens is 10. The van der Waals surface area contributed by atoms with Crippen LogP contribution in [-0.4, -0.2) is 72.4 Å². The molecule has 0 saturated carbocycles. The highest BCUT2D eigenvalue weighted by Crippen LogP contribution is 2.34. The molecule has 1 amide bonds. The van der Waals surface area contributed by atoms with Crippen molar-refractivity contribution in [2.45, 2.75) is 45.6 Å². The number of H-pyrrole nitrogens is 2. The van der Waals surface area contributed by atoms with E-state index in [9.17, 15) is 55.1 Å². The van der Waals surface area contributed by atoms with Crippen molar-refractivity contribution in [1.82, 2.24) is 48.6 Å². The summed E-state index contributed by atoms with van der Waals surface area (Å²) in [4.78, 5) is 97.3. The maximum atomic E-state index is 12.9. The number of nitrogens with zero attached hydrogens (tertiary/aromatic N) is 9. The number of rotatable bonds is 8. The van der Waals surface area contributed by atoms with E-state index in [2.05, 4.69) is 45.2 Å². The molecule has 0 fully saturated rings. The van der Waals surface area contributed by atoms with Crippen LogP contribution in [0.25, 0.3) is 32.3 Å². The van der Waals surface area contributed by atoms with Crippen LogP contribution >= 0.6 is 34.3 Å². The Hall–Kier alpha value is -6.93. The second-order valence-corrected chi connectivity index (χ2v) is 15.8. The van der Waals surface area contributed by atoms with E-state index >= 15 is 0 Å². The fourth-order valence-corrected chi connectivity index (χ4v) is 7.71. The number of amides is 1. The SMILES string of the molecule is Cc1cc(-c2nc(CC(=O)CCl)cs2)cnc1C(F)(F)F.Cc1cc(-c2nc(NC(=O)Cn3cnc4c3c(=O)[nH]c(=O)n4C)cs2)cnc1C(F)(F)F.Cn1c2c(c(=O)[nH]c1=O)CC=N2. The average molecular weight is 965 g/mol. The molecule has 7 aromatic rings. The van der Waals surface area contributed by atoms with Crippen LogP contribution in [-0.2, 0) is 55.4 Å². The highest BCUT2D eigenvalue weighted by molar-refractivity contribution is 7.13. The minimum absolute atomic E-state index is 0.0357. The molecule has 3 N–H and O–H groups in total. The first-order chi connectivity index (χ1) is 30.5. The summed E-state index contributed by atoms with van der Waals surface area (Å²) < 4.78 is 80.4. The van der Waals surface area contributed by atoms with Crippen LogP contribution < -0.4 is 27.8 Å². The predicted octanol–water partition coefficient (Wildman–Crippen LogP) is 5.12. The fourth-order valence-electron chi connectivity index (χ4n) is 6.08. The van der Waals surface area contributed by atoms with Gasteiger partial charge in [0.2, 0.25) is 5.91 Å². The van der Waals surface area contributed by atoms with Gasteiger partial charge in [-0.25, -0.2) is 29.5 Å². The molecule has 0 saturated heterocycles. The minimum atomic E-state index is -4.55. The van der Waals surface area contributed by atoms with Gasteiger partial charge in [-0.3, -0.25) is 48.2 Å². The maximum Gasteiger partial charge on any atom is 0.433 e. The van der Waals surface area contributed by atoms with Crippen molar-refractivity contribution < 1.29 is 35.9 Å². The Morgan fingerprint density at radius 1 is 0.815 bits per heavy atom. The first-order valence-electron chi connectivity index (χ1n) is 18.4. The Morgan fingerprint density at radius 2 is 1.38 bits per heavy atom. The molecular formula is C38H31ClF6N12O6S2. The van der Waals surface area contributed by atoms with Crippen LogP contribution in [0.5, 0.6) is 0 Å². The number of nitrogens with one attached hydrogen (secondary N) is 3. The topological polar surface area (TPSA) is 238 Å². The number of fused-ring (bicyclic) bond motifs is 2. The molecule has 0 aromatic carbocycles. The largest absolute Gasteiger partial charge is 0.433 e. The number of aryl methyl sites for hydroxylation is 3. The van der Waals surface area contributed by atoms with E-state index in [0.29, 0.717) is 44.6 Å². The number of hydrogen-bond donors (Lipinski definition) is 3. The maximum absolute atomic E-state index is 12.9. The van der Waals surface area contributed by atoms with Gasteiger partial charge in [0.1, 0.15) is 39.6 Å². The molecule has 7 aromatic heterocycles. The van der Waals surface area contributed by atoms with Gasteiger partial charge in [0.25, 0.3) is 11.1 Å². The molecule has 0 aliphatic carbocycles. The molecule has 8 rings (SSSR count). The van der Waals surface area contributed by atoms with Crippen molar-refractivity contribution >= 4 is 75.0 Å². The van der Waals surface area contributed by atoms with Crippen molar-refractivity contribution in [3.63, 3.8) is 0 Å². The van der Waals surface area contributed by atoms with Gasteiger partial charge < -0.3 is 9.88 Å². The molecular weight excluding hydrogens is 934 g/mol. The highest BCUT2D eigenvalue weighted by Gasteiger charge is 2.35. The predicted molar refractivity (Wildman–Crippen MR) is 228 cm³/mol. The molecule has 340 valence electrons. The second kappa shape index (κ2) is 19.0. The lowest BCUT2D eigenvalue weighted by molar-refractivity contribution is -0.142. The lowest BCUT2D eigenvalue weighted by Crippen LogP contribution is -2.30. The van der Waals surface area contributed by atoms with E-state index in [1.807, 2.05) is 0 Å². The number of imidazole rings is 1. The van der Waals surface area contributed by atoms with Gasteiger partial charge in [0.15, 0.2) is 16.9 Å². The van der Waals surface area contributed by atoms with E-state index in [4.69, 9.17) is 11.6 Å². The molecule has 27 heteroatoms. The van der Waals surface area contributed by atoms with Gasteiger partial charge in [-0.05, 0) is 37.1 Å². The lowest BCUT2D eigenvalue weighted by atomic mass is 10.1. The van der Waals surface area contributed by atoms with Crippen LogP contribution in [0.2, 0.25) is 0 Å². The number of alkyl halides is 7. The van der Waals surface area contributed by atoms with Crippen LogP contribution in [0.4, 0.5) is 38.0 Å². The Morgan fingerprint density at radius 3 is 1.97 bits per heavy atom. The second-order valence-electron chi connectivity index (χ2n) is 13.9. The molecule has 1 aliphatic heterocycles. The molecule has 0 spiro atoms. The number of aromatic amines is 2. The Labute approximate surface area is 372 Å². The van der Waals surface area contributed by atoms with Crippen molar-refractivity contribution in [1.29, 1.82) is 0 Å². The number of anilines is 1. The van der Waals surface area contributed by atoms with Crippen LogP contribution in [0.3, 0.4) is 0 Å². The zero-order valence-corrected chi connectivity index (χ0v) is 36.3. The Kier molecular flexibility index (Phi) is 13.9. The number of aliphatic imine (C=N–C) groups is 1. The summed E-state index contributed by atoms with van der Waals surface area (Å²) in [6, 6.07) is 2.72. The van der Waals surface area contributed by atoms with Gasteiger partial charge >= 0.3 is 23.7 Å². The molecule has 0 bridgehead atoms. The third kappa shape index (κ3) is 10.9. The van der Waals surface area contributed by atoms with Gasteiger partial charge in [-0.2, -0.15) is 26.3 Å². The van der Waals surface area contributed by atoms with Crippen LogP contribution in [0, 0.1) is 13.8 Å². The molecule has 8 heterocycles. The van der Waals surface area contributed by atoms with Gasteiger partial charge in [-0.15, -0.1) is 34.3 Å². The first-order valence-corrected chi connectivity index (χ1v) is 20.7. The minimum Gasteiger partial charge on any atom is -0.315 e. The van der Waals surface area contributed by atoms with Gasteiger partial charge in [0.05, 0.1) is 29.9 Å². The van der Waals surface area contributed by atoms with E-state index in [1.54, 1.807) is 18.6 Å². The highest BCUT2D eigenvalue weighted by atomic mass is 35.5. The van der Waals surface area contributed by atoms with Crippen molar-refractivity contribution in [2.24, 2.45) is 19.1 Å². The number of Topliss-reactive ketones (excluding diaryl/α,β-unsaturated/α-hetero) is 1. The third-order valence-corrected chi connectivity index (χ3v) is 11.3. The van der Waals surface area contributed by atoms with Crippen LogP contribution in [0.1, 0.15) is 33.8 Å². The van der Waals surface area contributed by atoms with E-state index in [-0.39, 0.29) is 58.3 Å². The first kappa shape index (κ1) is 47.5. The lowest BCUT2D eigenvalue weighted by Gasteiger charge is -2.09. The third-order valence-electron chi connectivity index (χ3n) is 9.12. The summed E-state index contributed by atoms with van der Waals surface area (Å²) in [5.74, 6) is -0.0956. The molecule has 0 unspecified atom stereocenters. The summed E-state index contributed by atoms with van der Waals surface area (Å²) >= 11 is 7.79. The molecule has 1 aliphatic rings. The monoisotopic (exact) mass is 964 g/mol.